The second kappa shape index (κ2) is 7.51. The van der Waals surface area contributed by atoms with Crippen molar-refractivity contribution in [1.29, 1.82) is 0 Å². The van der Waals surface area contributed by atoms with Gasteiger partial charge >= 0.3 is 0 Å². The summed E-state index contributed by atoms with van der Waals surface area (Å²) in [5, 5.41) is 0. The lowest BCUT2D eigenvalue weighted by atomic mass is 10.1. The molecule has 3 atom stereocenters. The third-order valence-electron chi connectivity index (χ3n) is 2.05. The highest BCUT2D eigenvalue weighted by atomic mass is 32.2. The Morgan fingerprint density at radius 2 is 1.92 bits per heavy atom. The molecule has 3 heteroatoms. The summed E-state index contributed by atoms with van der Waals surface area (Å²) in [5.74, 6) is 2.21. The Morgan fingerprint density at radius 3 is 2.38 bits per heavy atom. The average Bonchev–Trinajstić information content (AvgIpc) is 2.01. The van der Waals surface area contributed by atoms with Crippen LogP contribution in [-0.4, -0.2) is 21.8 Å². The maximum Gasteiger partial charge on any atom is 0.0260 e. The van der Waals surface area contributed by atoms with Crippen LogP contribution in [0.2, 0.25) is 0 Å². The molecule has 0 aromatic rings. The lowest BCUT2D eigenvalue weighted by molar-refractivity contribution is 0.572. The summed E-state index contributed by atoms with van der Waals surface area (Å²) in [5.41, 5.74) is 5.60. The Hall–Kier alpha value is 0.110. The first-order valence-electron chi connectivity index (χ1n) is 5.16. The van der Waals surface area contributed by atoms with Gasteiger partial charge in [-0.05, 0) is 19.3 Å². The molecule has 80 valence electrons. The van der Waals surface area contributed by atoms with Crippen LogP contribution in [0.1, 0.15) is 40.0 Å². The van der Waals surface area contributed by atoms with Crippen LogP contribution < -0.4 is 5.73 Å². The fourth-order valence-electron chi connectivity index (χ4n) is 1.29. The Bertz CT molecular complexity index is 148. The van der Waals surface area contributed by atoms with Crippen molar-refractivity contribution in [3.8, 4) is 0 Å². The molecular weight excluding hydrogens is 182 g/mol. The molecule has 0 rings (SSSR count). The highest BCUT2D eigenvalue weighted by Crippen LogP contribution is 2.07. The first kappa shape index (κ1) is 13.1. The molecule has 0 amide bonds. The van der Waals surface area contributed by atoms with Gasteiger partial charge in [0.15, 0.2) is 0 Å². The molecule has 0 bridgehead atoms. The molecule has 0 radical (unpaired) electrons. The van der Waals surface area contributed by atoms with Crippen LogP contribution in [0.5, 0.6) is 0 Å². The molecule has 13 heavy (non-hydrogen) atoms. The molecule has 2 nitrogen and oxygen atoms in total. The van der Waals surface area contributed by atoms with E-state index in [9.17, 15) is 4.21 Å². The largest absolute Gasteiger partial charge is 0.328 e. The predicted octanol–water partition coefficient (Wildman–Crippen LogP) is 1.91. The molecule has 2 N–H and O–H groups in total. The summed E-state index contributed by atoms with van der Waals surface area (Å²) in [6.07, 6.45) is 3.25. The van der Waals surface area contributed by atoms with Crippen molar-refractivity contribution >= 4 is 10.8 Å². The van der Waals surface area contributed by atoms with E-state index < -0.39 is 10.8 Å². The van der Waals surface area contributed by atoms with Crippen molar-refractivity contribution in [2.75, 3.05) is 11.5 Å². The van der Waals surface area contributed by atoms with Crippen molar-refractivity contribution < 1.29 is 4.21 Å². The zero-order valence-electron chi connectivity index (χ0n) is 9.08. The summed E-state index contributed by atoms with van der Waals surface area (Å²) in [6, 6.07) is 0.186. The molecule has 0 aliphatic heterocycles. The van der Waals surface area contributed by atoms with Gasteiger partial charge < -0.3 is 5.73 Å². The first-order valence-corrected chi connectivity index (χ1v) is 6.65. The van der Waals surface area contributed by atoms with E-state index in [-0.39, 0.29) is 6.04 Å². The summed E-state index contributed by atoms with van der Waals surface area (Å²) in [6.45, 7) is 6.31. The molecule has 0 saturated heterocycles. The topological polar surface area (TPSA) is 43.1 Å². The van der Waals surface area contributed by atoms with E-state index >= 15 is 0 Å². The van der Waals surface area contributed by atoms with Gasteiger partial charge in [-0.1, -0.05) is 26.7 Å². The Kier molecular flexibility index (Phi) is 7.57. The van der Waals surface area contributed by atoms with E-state index in [0.717, 1.165) is 17.9 Å². The fourth-order valence-corrected chi connectivity index (χ4v) is 2.90. The average molecular weight is 205 g/mol. The highest BCUT2D eigenvalue weighted by Gasteiger charge is 2.07. The second-order valence-electron chi connectivity index (χ2n) is 3.97. The van der Waals surface area contributed by atoms with Crippen LogP contribution in [0.3, 0.4) is 0 Å². The predicted molar refractivity (Wildman–Crippen MR) is 60.2 cm³/mol. The van der Waals surface area contributed by atoms with Gasteiger partial charge in [-0.15, -0.1) is 0 Å². The zero-order valence-corrected chi connectivity index (χ0v) is 9.90. The lowest BCUT2D eigenvalue weighted by Crippen LogP contribution is -2.20. The molecule has 3 unspecified atom stereocenters. The summed E-state index contributed by atoms with van der Waals surface area (Å²) >= 11 is 0. The van der Waals surface area contributed by atoms with Crippen LogP contribution in [0.4, 0.5) is 0 Å². The highest BCUT2D eigenvalue weighted by molar-refractivity contribution is 7.84. The normalized spacial score (nSPS) is 18.2. The van der Waals surface area contributed by atoms with E-state index in [4.69, 9.17) is 5.73 Å². The minimum atomic E-state index is -0.652. The van der Waals surface area contributed by atoms with Crippen LogP contribution in [0.15, 0.2) is 0 Å². The number of hydrogen-bond donors (Lipinski definition) is 1. The summed E-state index contributed by atoms with van der Waals surface area (Å²) in [4.78, 5) is 0. The van der Waals surface area contributed by atoms with Crippen molar-refractivity contribution in [3.63, 3.8) is 0 Å². The Morgan fingerprint density at radius 1 is 1.31 bits per heavy atom. The van der Waals surface area contributed by atoms with E-state index in [1.807, 2.05) is 6.92 Å². The Balaban J connectivity index is 3.50. The van der Waals surface area contributed by atoms with E-state index in [1.54, 1.807) is 0 Å². The molecule has 0 aromatic carbocycles. The summed E-state index contributed by atoms with van der Waals surface area (Å²) in [7, 11) is -0.652. The van der Waals surface area contributed by atoms with Gasteiger partial charge in [0.1, 0.15) is 0 Å². The van der Waals surface area contributed by atoms with Crippen molar-refractivity contribution in [1.82, 2.24) is 0 Å². The van der Waals surface area contributed by atoms with E-state index in [1.165, 1.54) is 12.8 Å². The molecule has 0 aromatic heterocycles. The number of hydrogen-bond acceptors (Lipinski definition) is 2. The number of nitrogens with two attached hydrogens (primary N) is 1. The van der Waals surface area contributed by atoms with Gasteiger partial charge in [0.25, 0.3) is 0 Å². The Labute approximate surface area is 84.7 Å². The summed E-state index contributed by atoms with van der Waals surface area (Å²) < 4.78 is 11.5. The molecule has 0 aliphatic carbocycles. The van der Waals surface area contributed by atoms with Gasteiger partial charge in [0.2, 0.25) is 0 Å². The molecule has 0 saturated carbocycles. The third kappa shape index (κ3) is 8.44. The SMILES string of the molecule is CCCC(C)CS(=O)CCC(C)N. The quantitative estimate of drug-likeness (QED) is 0.690. The first-order chi connectivity index (χ1) is 6.06. The maximum absolute atomic E-state index is 11.5. The van der Waals surface area contributed by atoms with Crippen LogP contribution in [-0.2, 0) is 10.8 Å². The molecule has 0 spiro atoms. The van der Waals surface area contributed by atoms with Crippen LogP contribution >= 0.6 is 0 Å². The smallest absolute Gasteiger partial charge is 0.0260 e. The monoisotopic (exact) mass is 205 g/mol. The van der Waals surface area contributed by atoms with Crippen molar-refractivity contribution in [3.05, 3.63) is 0 Å². The van der Waals surface area contributed by atoms with Crippen LogP contribution in [0.25, 0.3) is 0 Å². The van der Waals surface area contributed by atoms with Gasteiger partial charge in [-0.2, -0.15) is 0 Å². The third-order valence-corrected chi connectivity index (χ3v) is 3.68. The minimum absolute atomic E-state index is 0.186. The van der Waals surface area contributed by atoms with Crippen LogP contribution in [0, 0.1) is 5.92 Å². The van der Waals surface area contributed by atoms with Gasteiger partial charge in [0.05, 0.1) is 0 Å². The molecule has 0 fully saturated rings. The van der Waals surface area contributed by atoms with Gasteiger partial charge in [0, 0.05) is 28.3 Å². The van der Waals surface area contributed by atoms with Crippen molar-refractivity contribution in [2.45, 2.75) is 46.1 Å². The molecule has 0 heterocycles. The second-order valence-corrected chi connectivity index (χ2v) is 5.59. The van der Waals surface area contributed by atoms with E-state index in [0.29, 0.717) is 5.92 Å². The zero-order chi connectivity index (χ0) is 10.3. The maximum atomic E-state index is 11.5. The molecular formula is C10H23NOS. The van der Waals surface area contributed by atoms with Gasteiger partial charge in [-0.25, -0.2) is 0 Å². The van der Waals surface area contributed by atoms with Gasteiger partial charge in [-0.3, -0.25) is 4.21 Å². The van der Waals surface area contributed by atoms with Crippen molar-refractivity contribution in [2.24, 2.45) is 11.7 Å². The lowest BCUT2D eigenvalue weighted by Gasteiger charge is -2.10. The standard InChI is InChI=1S/C10H23NOS/c1-4-5-9(2)8-13(12)7-6-10(3)11/h9-10H,4-8,11H2,1-3H3. The fraction of sp³-hybridized carbons (Fsp3) is 1.00. The minimum Gasteiger partial charge on any atom is -0.328 e. The molecule has 0 aliphatic rings. The van der Waals surface area contributed by atoms with E-state index in [2.05, 4.69) is 13.8 Å². The number of rotatable bonds is 7.